The van der Waals surface area contributed by atoms with Crippen molar-refractivity contribution in [2.45, 2.75) is 33.6 Å². The molecule has 0 aliphatic rings. The Morgan fingerprint density at radius 2 is 2.16 bits per heavy atom. The van der Waals surface area contributed by atoms with Gasteiger partial charge in [-0.2, -0.15) is 10.4 Å². The van der Waals surface area contributed by atoms with Gasteiger partial charge in [-0.1, -0.05) is 13.3 Å². The molecule has 0 radical (unpaired) electrons. The first-order chi connectivity index (χ1) is 8.99. The highest BCUT2D eigenvalue weighted by Gasteiger charge is 2.14. The van der Waals surface area contributed by atoms with Crippen LogP contribution in [-0.4, -0.2) is 27.8 Å². The summed E-state index contributed by atoms with van der Waals surface area (Å²) < 4.78 is 0. The number of nitrogens with one attached hydrogen (secondary N) is 1. The quantitative estimate of drug-likeness (QED) is 0.812. The number of nitrogens with zero attached hydrogens (tertiary/aromatic N) is 3. The minimum absolute atomic E-state index is 0.00690. The lowest BCUT2D eigenvalue weighted by Gasteiger charge is -2.15. The molecule has 102 valence electrons. The predicted molar refractivity (Wildman–Crippen MR) is 70.7 cm³/mol. The van der Waals surface area contributed by atoms with Gasteiger partial charge in [-0.15, -0.1) is 5.10 Å². The van der Waals surface area contributed by atoms with E-state index in [0.717, 1.165) is 17.7 Å². The third-order valence-corrected chi connectivity index (χ3v) is 3.17. The van der Waals surface area contributed by atoms with Gasteiger partial charge >= 0.3 is 5.97 Å². The molecule has 1 heterocycles. The molecule has 1 aromatic heterocycles. The number of carboxylic acids is 1. The molecule has 0 saturated heterocycles. The fourth-order valence-corrected chi connectivity index (χ4v) is 1.72. The highest BCUT2D eigenvalue weighted by atomic mass is 16.4. The van der Waals surface area contributed by atoms with Crippen molar-refractivity contribution in [3.8, 4) is 6.07 Å². The van der Waals surface area contributed by atoms with Crippen molar-refractivity contribution in [1.29, 1.82) is 5.26 Å². The summed E-state index contributed by atoms with van der Waals surface area (Å²) in [5.74, 6) is -0.387. The Labute approximate surface area is 112 Å². The van der Waals surface area contributed by atoms with Crippen LogP contribution in [0.1, 0.15) is 36.6 Å². The van der Waals surface area contributed by atoms with E-state index in [1.54, 1.807) is 6.92 Å². The predicted octanol–water partition coefficient (Wildman–Crippen LogP) is 1.88. The zero-order valence-electron chi connectivity index (χ0n) is 11.4. The molecule has 1 atom stereocenters. The fourth-order valence-electron chi connectivity index (χ4n) is 1.72. The van der Waals surface area contributed by atoms with E-state index >= 15 is 0 Å². The molecule has 6 nitrogen and oxygen atoms in total. The number of carbonyl (C=O) groups is 1. The summed E-state index contributed by atoms with van der Waals surface area (Å²) in [5, 5.41) is 28.9. The normalized spacial score (nSPS) is 11.7. The number of hydrogen-bond acceptors (Lipinski definition) is 5. The van der Waals surface area contributed by atoms with Crippen molar-refractivity contribution in [2.24, 2.45) is 5.92 Å². The molecule has 1 aromatic rings. The van der Waals surface area contributed by atoms with Gasteiger partial charge in [-0.05, 0) is 25.3 Å². The van der Waals surface area contributed by atoms with Crippen LogP contribution in [0, 0.1) is 31.1 Å². The first-order valence-electron chi connectivity index (χ1n) is 6.19. The molecule has 0 aromatic carbocycles. The summed E-state index contributed by atoms with van der Waals surface area (Å²) in [4.78, 5) is 10.7. The molecular weight excluding hydrogens is 244 g/mol. The average Bonchev–Trinajstić information content (AvgIpc) is 2.38. The summed E-state index contributed by atoms with van der Waals surface area (Å²) in [6.07, 6.45) is 0.850. The van der Waals surface area contributed by atoms with E-state index in [2.05, 4.69) is 21.6 Å². The van der Waals surface area contributed by atoms with Crippen LogP contribution < -0.4 is 5.32 Å². The van der Waals surface area contributed by atoms with Crippen LogP contribution in [-0.2, 0) is 4.79 Å². The van der Waals surface area contributed by atoms with E-state index in [-0.39, 0.29) is 12.3 Å². The van der Waals surface area contributed by atoms with E-state index in [1.165, 1.54) is 0 Å². The van der Waals surface area contributed by atoms with Crippen LogP contribution in [0.25, 0.3) is 0 Å². The fraction of sp³-hybridized carbons (Fsp3) is 0.538. The number of carboxylic acid groups (broad SMARTS) is 1. The molecule has 0 spiro atoms. The third kappa shape index (κ3) is 3.91. The molecular formula is C13H18N4O2. The Kier molecular flexibility index (Phi) is 5.24. The van der Waals surface area contributed by atoms with E-state index in [1.807, 2.05) is 13.8 Å². The monoisotopic (exact) mass is 262 g/mol. The number of hydrogen-bond donors (Lipinski definition) is 2. The van der Waals surface area contributed by atoms with Crippen LogP contribution in [0.2, 0.25) is 0 Å². The highest BCUT2D eigenvalue weighted by Crippen LogP contribution is 2.18. The molecule has 0 aliphatic heterocycles. The van der Waals surface area contributed by atoms with Crippen molar-refractivity contribution < 1.29 is 9.90 Å². The second kappa shape index (κ2) is 6.69. The maximum absolute atomic E-state index is 10.7. The number of rotatable bonds is 6. The molecule has 0 aliphatic carbocycles. The molecule has 19 heavy (non-hydrogen) atoms. The number of aryl methyl sites for hydroxylation is 1. The summed E-state index contributed by atoms with van der Waals surface area (Å²) in [6, 6.07) is 2.11. The Bertz CT molecular complexity index is 508. The van der Waals surface area contributed by atoms with Crippen molar-refractivity contribution in [3.63, 3.8) is 0 Å². The molecule has 0 amide bonds. The zero-order valence-corrected chi connectivity index (χ0v) is 11.4. The van der Waals surface area contributed by atoms with Crippen molar-refractivity contribution in [3.05, 3.63) is 16.8 Å². The SMILES string of the molecule is CCC(CNc1nnc(C)c(C)c1C#N)CC(=O)O. The van der Waals surface area contributed by atoms with Crippen LogP contribution in [0.3, 0.4) is 0 Å². The van der Waals surface area contributed by atoms with Crippen LogP contribution in [0.15, 0.2) is 0 Å². The number of aliphatic carboxylic acids is 1. The Morgan fingerprint density at radius 3 is 2.68 bits per heavy atom. The lowest BCUT2D eigenvalue weighted by molar-refractivity contribution is -0.138. The van der Waals surface area contributed by atoms with E-state index < -0.39 is 5.97 Å². The molecule has 0 bridgehead atoms. The Morgan fingerprint density at radius 1 is 1.47 bits per heavy atom. The van der Waals surface area contributed by atoms with Gasteiger partial charge in [-0.3, -0.25) is 4.79 Å². The Hall–Kier alpha value is -2.16. The second-order valence-corrected chi connectivity index (χ2v) is 4.50. The second-order valence-electron chi connectivity index (χ2n) is 4.50. The topological polar surface area (TPSA) is 98.9 Å². The smallest absolute Gasteiger partial charge is 0.303 e. The van der Waals surface area contributed by atoms with Crippen molar-refractivity contribution >= 4 is 11.8 Å². The van der Waals surface area contributed by atoms with Crippen molar-refractivity contribution in [2.75, 3.05) is 11.9 Å². The van der Waals surface area contributed by atoms with Crippen LogP contribution in [0.4, 0.5) is 5.82 Å². The first-order valence-corrected chi connectivity index (χ1v) is 6.19. The summed E-state index contributed by atoms with van der Waals surface area (Å²) >= 11 is 0. The largest absolute Gasteiger partial charge is 0.481 e. The third-order valence-electron chi connectivity index (χ3n) is 3.17. The Balaban J connectivity index is 2.80. The van der Waals surface area contributed by atoms with E-state index in [0.29, 0.717) is 17.9 Å². The zero-order chi connectivity index (χ0) is 14.4. The summed E-state index contributed by atoms with van der Waals surface area (Å²) in [5.41, 5.74) is 1.99. The van der Waals surface area contributed by atoms with Gasteiger partial charge in [0, 0.05) is 13.0 Å². The van der Waals surface area contributed by atoms with E-state index in [4.69, 9.17) is 10.4 Å². The first kappa shape index (κ1) is 14.9. The summed E-state index contributed by atoms with van der Waals surface area (Å²) in [6.45, 7) is 6.02. The molecule has 1 unspecified atom stereocenters. The van der Waals surface area contributed by atoms with Gasteiger partial charge in [0.05, 0.1) is 5.69 Å². The van der Waals surface area contributed by atoms with Gasteiger partial charge in [0.15, 0.2) is 5.82 Å². The standard InChI is InChI=1S/C13H18N4O2/c1-4-10(5-12(18)19)7-15-13-11(6-14)8(2)9(3)16-17-13/h10H,4-5,7H2,1-3H3,(H,15,17)(H,18,19). The minimum atomic E-state index is -0.819. The molecule has 0 fully saturated rings. The van der Waals surface area contributed by atoms with Gasteiger partial charge in [0.25, 0.3) is 0 Å². The molecule has 1 rings (SSSR count). The lowest BCUT2D eigenvalue weighted by atomic mass is 10.0. The number of aromatic nitrogens is 2. The van der Waals surface area contributed by atoms with Gasteiger partial charge < -0.3 is 10.4 Å². The van der Waals surface area contributed by atoms with Crippen molar-refractivity contribution in [1.82, 2.24) is 10.2 Å². The number of nitriles is 1. The van der Waals surface area contributed by atoms with Gasteiger partial charge in [0.2, 0.25) is 0 Å². The van der Waals surface area contributed by atoms with Gasteiger partial charge in [0.1, 0.15) is 11.6 Å². The number of anilines is 1. The minimum Gasteiger partial charge on any atom is -0.481 e. The summed E-state index contributed by atoms with van der Waals surface area (Å²) in [7, 11) is 0. The van der Waals surface area contributed by atoms with Crippen LogP contribution in [0.5, 0.6) is 0 Å². The maximum atomic E-state index is 10.7. The molecule has 6 heteroatoms. The lowest BCUT2D eigenvalue weighted by Crippen LogP contribution is -2.19. The highest BCUT2D eigenvalue weighted by molar-refractivity contribution is 5.67. The van der Waals surface area contributed by atoms with Gasteiger partial charge in [-0.25, -0.2) is 0 Å². The van der Waals surface area contributed by atoms with Crippen LogP contribution >= 0.6 is 0 Å². The molecule has 2 N–H and O–H groups in total. The van der Waals surface area contributed by atoms with E-state index in [9.17, 15) is 4.79 Å². The maximum Gasteiger partial charge on any atom is 0.303 e. The molecule has 0 saturated carbocycles. The average molecular weight is 262 g/mol.